The molecular formula is C31H36O4. The predicted molar refractivity (Wildman–Crippen MR) is 141 cm³/mol. The summed E-state index contributed by atoms with van der Waals surface area (Å²) < 4.78 is 18.1. The van der Waals surface area contributed by atoms with Crippen molar-refractivity contribution in [1.82, 2.24) is 0 Å². The van der Waals surface area contributed by atoms with Crippen molar-refractivity contribution in [3.8, 4) is 28.4 Å². The molecule has 184 valence electrons. The van der Waals surface area contributed by atoms with Crippen molar-refractivity contribution < 1.29 is 19.0 Å². The van der Waals surface area contributed by atoms with Crippen molar-refractivity contribution in [2.45, 2.75) is 71.5 Å². The first-order valence-corrected chi connectivity index (χ1v) is 12.8. The largest absolute Gasteiger partial charge is 0.492 e. The summed E-state index contributed by atoms with van der Waals surface area (Å²) in [5.41, 5.74) is 5.77. The summed E-state index contributed by atoms with van der Waals surface area (Å²) in [7, 11) is 0. The van der Waals surface area contributed by atoms with Gasteiger partial charge in [-0.05, 0) is 66.3 Å². The lowest BCUT2D eigenvalue weighted by molar-refractivity contribution is -0.108. The van der Waals surface area contributed by atoms with Crippen LogP contribution in [0.2, 0.25) is 0 Å². The maximum Gasteiger partial charge on any atom is 0.126 e. The maximum atomic E-state index is 10.9. The minimum Gasteiger partial charge on any atom is -0.492 e. The van der Waals surface area contributed by atoms with Gasteiger partial charge >= 0.3 is 0 Å². The van der Waals surface area contributed by atoms with Gasteiger partial charge in [-0.1, -0.05) is 57.0 Å². The molecule has 0 spiro atoms. The number of rotatable bonds is 12. The van der Waals surface area contributed by atoms with Crippen molar-refractivity contribution >= 4 is 6.29 Å². The first kappa shape index (κ1) is 24.8. The highest BCUT2D eigenvalue weighted by Crippen LogP contribution is 2.38. The summed E-state index contributed by atoms with van der Waals surface area (Å²) in [6.07, 6.45) is 6.18. The van der Waals surface area contributed by atoms with Gasteiger partial charge in [-0.25, -0.2) is 0 Å². The lowest BCUT2D eigenvalue weighted by Gasteiger charge is -2.19. The summed E-state index contributed by atoms with van der Waals surface area (Å²) in [5.74, 6) is 2.69. The van der Waals surface area contributed by atoms with E-state index in [2.05, 4.69) is 63.2 Å². The number of hydrogen-bond acceptors (Lipinski definition) is 4. The quantitative estimate of drug-likeness (QED) is 0.254. The van der Waals surface area contributed by atoms with Gasteiger partial charge in [-0.15, -0.1) is 0 Å². The van der Waals surface area contributed by atoms with Crippen molar-refractivity contribution in [2.75, 3.05) is 6.61 Å². The van der Waals surface area contributed by atoms with Crippen LogP contribution in [0.15, 0.2) is 60.7 Å². The normalized spacial score (nSPS) is 14.5. The lowest BCUT2D eigenvalue weighted by Crippen LogP contribution is -2.15. The molecule has 0 saturated carbocycles. The van der Waals surface area contributed by atoms with Crippen LogP contribution in [-0.2, 0) is 11.4 Å². The number of carbonyl (C=O) groups is 1. The van der Waals surface area contributed by atoms with E-state index < -0.39 is 0 Å². The second-order valence-corrected chi connectivity index (χ2v) is 9.39. The summed E-state index contributed by atoms with van der Waals surface area (Å²) in [6.45, 7) is 7.59. The smallest absolute Gasteiger partial charge is 0.126 e. The molecule has 1 aliphatic rings. The van der Waals surface area contributed by atoms with Crippen LogP contribution in [0.3, 0.4) is 0 Å². The molecule has 0 aromatic heterocycles. The van der Waals surface area contributed by atoms with E-state index in [1.165, 1.54) is 16.7 Å². The minimum atomic E-state index is 0.150. The number of fused-ring (bicyclic) bond motifs is 1. The van der Waals surface area contributed by atoms with Crippen LogP contribution in [0.5, 0.6) is 17.2 Å². The molecule has 0 bridgehead atoms. The molecule has 4 rings (SSSR count). The van der Waals surface area contributed by atoms with E-state index in [-0.39, 0.29) is 12.0 Å². The maximum absolute atomic E-state index is 10.9. The number of aryl methyl sites for hydroxylation is 1. The van der Waals surface area contributed by atoms with Crippen molar-refractivity contribution in [3.63, 3.8) is 0 Å². The Kier molecular flexibility index (Phi) is 8.46. The van der Waals surface area contributed by atoms with E-state index in [1.807, 2.05) is 18.2 Å². The Balaban J connectivity index is 1.42. The average molecular weight is 473 g/mol. The molecule has 3 aromatic carbocycles. The van der Waals surface area contributed by atoms with Crippen LogP contribution in [0.4, 0.5) is 0 Å². The zero-order chi connectivity index (χ0) is 24.6. The predicted octanol–water partition coefficient (Wildman–Crippen LogP) is 7.65. The monoisotopic (exact) mass is 472 g/mol. The van der Waals surface area contributed by atoms with Crippen LogP contribution < -0.4 is 14.2 Å². The zero-order valence-corrected chi connectivity index (χ0v) is 21.1. The van der Waals surface area contributed by atoms with Gasteiger partial charge in [0, 0.05) is 24.0 Å². The highest BCUT2D eigenvalue weighted by molar-refractivity contribution is 5.68. The highest BCUT2D eigenvalue weighted by Gasteiger charge is 2.24. The molecular weight excluding hydrogens is 436 g/mol. The Labute approximate surface area is 209 Å². The van der Waals surface area contributed by atoms with Gasteiger partial charge in [0.15, 0.2) is 0 Å². The standard InChI is InChI=1S/C31H36O4/c1-4-7-26(8-5-2)35-28-12-13-29(22(3)17-28)24-10-6-9-23(18-24)20-33-27-11-14-30-25(15-16-32)21-34-31(30)19-27/h6,9-14,16-19,25-26H,4-5,7-8,15,20-21H2,1-3H3. The van der Waals surface area contributed by atoms with Crippen LogP contribution in [0.1, 0.15) is 68.6 Å². The molecule has 0 amide bonds. The molecule has 0 fully saturated rings. The molecule has 4 heteroatoms. The summed E-state index contributed by atoms with van der Waals surface area (Å²) >= 11 is 0. The SMILES string of the molecule is CCCC(CCC)Oc1ccc(-c2cccc(COc3ccc4c(c3)OCC4CC=O)c2)c(C)c1. The number of ether oxygens (including phenoxy) is 3. The number of aldehydes is 1. The van der Waals surface area contributed by atoms with E-state index in [0.29, 0.717) is 19.6 Å². The van der Waals surface area contributed by atoms with Gasteiger partial charge in [0.2, 0.25) is 0 Å². The fourth-order valence-electron chi connectivity index (χ4n) is 4.79. The van der Waals surface area contributed by atoms with E-state index in [0.717, 1.165) is 60.3 Å². The molecule has 1 heterocycles. The van der Waals surface area contributed by atoms with Gasteiger partial charge in [0.05, 0.1) is 12.7 Å². The summed E-state index contributed by atoms with van der Waals surface area (Å²) in [5, 5.41) is 0. The van der Waals surface area contributed by atoms with E-state index in [1.54, 1.807) is 0 Å². The average Bonchev–Trinajstić information content (AvgIpc) is 3.26. The summed E-state index contributed by atoms with van der Waals surface area (Å²) in [4.78, 5) is 10.9. The third-order valence-corrected chi connectivity index (χ3v) is 6.61. The molecule has 1 unspecified atom stereocenters. The third-order valence-electron chi connectivity index (χ3n) is 6.61. The molecule has 0 aliphatic carbocycles. The van der Waals surface area contributed by atoms with E-state index in [9.17, 15) is 4.79 Å². The fourth-order valence-corrected chi connectivity index (χ4v) is 4.79. The first-order valence-electron chi connectivity index (χ1n) is 12.8. The lowest BCUT2D eigenvalue weighted by atomic mass is 9.98. The van der Waals surface area contributed by atoms with Crippen molar-refractivity contribution in [2.24, 2.45) is 0 Å². The molecule has 0 saturated heterocycles. The Morgan fingerprint density at radius 3 is 2.54 bits per heavy atom. The van der Waals surface area contributed by atoms with Gasteiger partial charge < -0.3 is 19.0 Å². The van der Waals surface area contributed by atoms with E-state index >= 15 is 0 Å². The van der Waals surface area contributed by atoms with Crippen LogP contribution in [-0.4, -0.2) is 19.0 Å². The fraction of sp³-hybridized carbons (Fsp3) is 0.387. The number of benzene rings is 3. The number of hydrogen-bond donors (Lipinski definition) is 0. The second-order valence-electron chi connectivity index (χ2n) is 9.39. The Morgan fingerprint density at radius 2 is 1.80 bits per heavy atom. The zero-order valence-electron chi connectivity index (χ0n) is 21.1. The van der Waals surface area contributed by atoms with E-state index in [4.69, 9.17) is 14.2 Å². The van der Waals surface area contributed by atoms with Gasteiger partial charge in [-0.2, -0.15) is 0 Å². The Bertz CT molecular complexity index is 1130. The Hall–Kier alpha value is -3.27. The molecule has 3 aromatic rings. The summed E-state index contributed by atoms with van der Waals surface area (Å²) in [6, 6.07) is 20.8. The Morgan fingerprint density at radius 1 is 1.00 bits per heavy atom. The topological polar surface area (TPSA) is 44.8 Å². The van der Waals surface area contributed by atoms with Gasteiger partial charge in [0.25, 0.3) is 0 Å². The first-order chi connectivity index (χ1) is 17.1. The van der Waals surface area contributed by atoms with Crippen LogP contribution in [0.25, 0.3) is 11.1 Å². The van der Waals surface area contributed by atoms with Gasteiger partial charge in [-0.3, -0.25) is 0 Å². The molecule has 1 atom stereocenters. The minimum absolute atomic E-state index is 0.150. The van der Waals surface area contributed by atoms with Crippen molar-refractivity contribution in [3.05, 3.63) is 77.4 Å². The highest BCUT2D eigenvalue weighted by atomic mass is 16.5. The van der Waals surface area contributed by atoms with Crippen LogP contribution >= 0.6 is 0 Å². The second kappa shape index (κ2) is 11.9. The molecule has 1 aliphatic heterocycles. The molecule has 4 nitrogen and oxygen atoms in total. The number of carbonyl (C=O) groups excluding carboxylic acids is 1. The van der Waals surface area contributed by atoms with Gasteiger partial charge in [0.1, 0.15) is 30.1 Å². The molecule has 0 N–H and O–H groups in total. The molecule has 0 radical (unpaired) electrons. The van der Waals surface area contributed by atoms with Crippen LogP contribution in [0, 0.1) is 6.92 Å². The third kappa shape index (κ3) is 6.25. The van der Waals surface area contributed by atoms with Crippen molar-refractivity contribution in [1.29, 1.82) is 0 Å². The molecule has 35 heavy (non-hydrogen) atoms.